The molecule has 0 N–H and O–H groups in total. The second-order valence-corrected chi connectivity index (χ2v) is 19.1. The fraction of sp³-hybridized carbons (Fsp3) is 0.412. The van der Waals surface area contributed by atoms with Gasteiger partial charge in [0.25, 0.3) is 10.0 Å². The van der Waals surface area contributed by atoms with Gasteiger partial charge in [-0.2, -0.15) is 0 Å². The highest BCUT2D eigenvalue weighted by molar-refractivity contribution is 8.37. The molecule has 0 radical (unpaired) electrons. The molecule has 2 aromatic carbocycles. The standard InChI is InChI=1S/C34H41NO5S6/c1-22(2)26-8-7-9-27(23(3)4)31(26)40-19-18-39-17-16-38-15-14-28-32(41-6)45-34(42-28)33-43-29-20-35(21-30(29)44-33)46(36,37)25-12-10-24(5)11-13-25/h7-13,20-23H,14-19H2,1-6H3. The van der Waals surface area contributed by atoms with E-state index in [4.69, 9.17) is 14.2 Å². The number of ether oxygens (including phenoxy) is 3. The summed E-state index contributed by atoms with van der Waals surface area (Å²) >= 11 is 8.67. The molecule has 0 aliphatic carbocycles. The summed E-state index contributed by atoms with van der Waals surface area (Å²) in [6.45, 7) is 13.5. The molecule has 0 bridgehead atoms. The van der Waals surface area contributed by atoms with Gasteiger partial charge in [-0.05, 0) is 48.3 Å². The third-order valence-corrected chi connectivity index (χ3v) is 16.0. The Kier molecular flexibility index (Phi) is 12.8. The molecule has 6 nitrogen and oxygen atoms in total. The Morgan fingerprint density at radius 3 is 1.91 bits per heavy atom. The number of rotatable bonds is 15. The fourth-order valence-electron chi connectivity index (χ4n) is 4.87. The van der Waals surface area contributed by atoms with Crippen LogP contribution in [-0.2, 0) is 19.5 Å². The van der Waals surface area contributed by atoms with Crippen molar-refractivity contribution in [2.75, 3.05) is 39.3 Å². The summed E-state index contributed by atoms with van der Waals surface area (Å²) in [5.41, 5.74) is 3.52. The molecule has 0 saturated carbocycles. The van der Waals surface area contributed by atoms with Crippen LogP contribution in [-0.4, -0.2) is 51.7 Å². The lowest BCUT2D eigenvalue weighted by Crippen LogP contribution is -2.13. The fourth-order valence-corrected chi connectivity index (χ4v) is 12.8. The Hall–Kier alpha value is -1.38. The quantitative estimate of drug-likeness (QED) is 0.141. The minimum Gasteiger partial charge on any atom is -0.491 e. The van der Waals surface area contributed by atoms with Gasteiger partial charge >= 0.3 is 0 Å². The van der Waals surface area contributed by atoms with E-state index in [1.165, 1.54) is 32.7 Å². The largest absolute Gasteiger partial charge is 0.491 e. The summed E-state index contributed by atoms with van der Waals surface area (Å²) < 4.78 is 49.3. The van der Waals surface area contributed by atoms with Gasteiger partial charge in [-0.3, -0.25) is 0 Å². The number of aryl methyl sites for hydroxylation is 1. The van der Waals surface area contributed by atoms with Crippen molar-refractivity contribution in [3.8, 4) is 5.75 Å². The van der Waals surface area contributed by atoms with E-state index in [1.807, 2.05) is 30.8 Å². The van der Waals surface area contributed by atoms with Gasteiger partial charge in [0.1, 0.15) is 12.4 Å². The van der Waals surface area contributed by atoms with E-state index >= 15 is 0 Å². The van der Waals surface area contributed by atoms with Crippen molar-refractivity contribution in [1.82, 2.24) is 3.97 Å². The Morgan fingerprint density at radius 1 is 0.761 bits per heavy atom. The molecule has 5 rings (SSSR count). The summed E-state index contributed by atoms with van der Waals surface area (Å²) in [7, 11) is -3.61. The number of aromatic nitrogens is 1. The minimum atomic E-state index is -3.61. The SMILES string of the molecule is CSC1=C(CCOCCOCCOc2c(C(C)C)cccc2C(C)C)SC(=C2Sc3cn(S(=O)(=O)c4ccc(C)cc4)cc3S2)S1. The number of hydrogen-bond acceptors (Lipinski definition) is 10. The van der Waals surface area contributed by atoms with E-state index in [1.54, 1.807) is 71.6 Å². The molecule has 12 heteroatoms. The maximum Gasteiger partial charge on any atom is 0.267 e. The summed E-state index contributed by atoms with van der Waals surface area (Å²) in [6.07, 6.45) is 6.43. The molecule has 0 spiro atoms. The zero-order chi connectivity index (χ0) is 32.8. The first kappa shape index (κ1) is 35.9. The Labute approximate surface area is 295 Å². The topological polar surface area (TPSA) is 66.8 Å². The van der Waals surface area contributed by atoms with Crippen LogP contribution in [0.25, 0.3) is 0 Å². The van der Waals surface area contributed by atoms with Crippen molar-refractivity contribution in [2.24, 2.45) is 0 Å². The zero-order valence-electron chi connectivity index (χ0n) is 27.0. The number of hydrogen-bond donors (Lipinski definition) is 0. The molecule has 1 aromatic heterocycles. The van der Waals surface area contributed by atoms with Crippen molar-refractivity contribution in [3.05, 3.63) is 89.2 Å². The summed E-state index contributed by atoms with van der Waals surface area (Å²) in [4.78, 5) is 3.57. The van der Waals surface area contributed by atoms with Crippen molar-refractivity contribution in [2.45, 2.75) is 67.6 Å². The van der Waals surface area contributed by atoms with Gasteiger partial charge in [0.05, 0.1) is 44.0 Å². The summed E-state index contributed by atoms with van der Waals surface area (Å²) in [5, 5.41) is 0. The van der Waals surface area contributed by atoms with Crippen molar-refractivity contribution < 1.29 is 22.6 Å². The molecule has 3 aromatic rings. The van der Waals surface area contributed by atoms with Gasteiger partial charge in [0.15, 0.2) is 0 Å². The number of thioether (sulfide) groups is 5. The predicted octanol–water partition coefficient (Wildman–Crippen LogP) is 10.1. The average Bonchev–Trinajstić information content (AvgIpc) is 3.74. The maximum atomic E-state index is 13.1. The monoisotopic (exact) mass is 735 g/mol. The number of nitrogens with zero attached hydrogens (tertiary/aromatic N) is 1. The first-order valence-electron chi connectivity index (χ1n) is 15.3. The van der Waals surface area contributed by atoms with E-state index in [2.05, 4.69) is 52.1 Å². The molecule has 2 aliphatic rings. The predicted molar refractivity (Wildman–Crippen MR) is 199 cm³/mol. The number of para-hydroxylation sites is 1. The van der Waals surface area contributed by atoms with Crippen LogP contribution in [0.5, 0.6) is 5.75 Å². The van der Waals surface area contributed by atoms with Crippen molar-refractivity contribution in [1.29, 1.82) is 0 Å². The highest BCUT2D eigenvalue weighted by atomic mass is 32.2. The zero-order valence-corrected chi connectivity index (χ0v) is 31.9. The Bertz CT molecular complexity index is 1640. The second kappa shape index (κ2) is 16.3. The lowest BCUT2D eigenvalue weighted by atomic mass is 9.94. The van der Waals surface area contributed by atoms with E-state index < -0.39 is 10.0 Å². The molecule has 2 aliphatic heterocycles. The smallest absolute Gasteiger partial charge is 0.267 e. The van der Waals surface area contributed by atoms with Gasteiger partial charge in [-0.1, -0.05) is 111 Å². The molecular formula is C34H41NO5S6. The van der Waals surface area contributed by atoms with Crippen LogP contribution in [0.4, 0.5) is 0 Å². The highest BCUT2D eigenvalue weighted by Crippen LogP contribution is 2.62. The minimum absolute atomic E-state index is 0.298. The second-order valence-electron chi connectivity index (χ2n) is 11.4. The van der Waals surface area contributed by atoms with Crippen molar-refractivity contribution in [3.63, 3.8) is 0 Å². The van der Waals surface area contributed by atoms with Gasteiger partial charge in [0.2, 0.25) is 0 Å². The lowest BCUT2D eigenvalue weighted by molar-refractivity contribution is 0.0374. The van der Waals surface area contributed by atoms with Crippen LogP contribution in [0.2, 0.25) is 0 Å². The molecule has 3 heterocycles. The van der Waals surface area contributed by atoms with E-state index in [0.29, 0.717) is 49.8 Å². The van der Waals surface area contributed by atoms with E-state index in [9.17, 15) is 8.42 Å². The van der Waals surface area contributed by atoms with Crippen LogP contribution in [0.3, 0.4) is 0 Å². The lowest BCUT2D eigenvalue weighted by Gasteiger charge is -2.20. The molecule has 0 saturated heterocycles. The van der Waals surface area contributed by atoms with Crippen LogP contribution in [0.1, 0.15) is 62.6 Å². The third-order valence-electron chi connectivity index (χ3n) is 7.35. The van der Waals surface area contributed by atoms with Gasteiger partial charge in [-0.15, -0.1) is 11.8 Å². The third kappa shape index (κ3) is 8.61. The number of fused-ring (bicyclic) bond motifs is 1. The Balaban J connectivity index is 1.04. The number of benzene rings is 2. The van der Waals surface area contributed by atoms with E-state index in [-0.39, 0.29) is 0 Å². The normalized spacial score (nSPS) is 15.1. The van der Waals surface area contributed by atoms with Crippen LogP contribution in [0.15, 0.2) is 87.2 Å². The first-order chi connectivity index (χ1) is 22.1. The Morgan fingerprint density at radius 2 is 1.33 bits per heavy atom. The summed E-state index contributed by atoms with van der Waals surface area (Å²) in [6, 6.07) is 13.4. The van der Waals surface area contributed by atoms with E-state index in [0.717, 1.165) is 27.5 Å². The van der Waals surface area contributed by atoms with Crippen LogP contribution >= 0.6 is 58.8 Å². The molecule has 46 heavy (non-hydrogen) atoms. The average molecular weight is 736 g/mol. The van der Waals surface area contributed by atoms with Crippen LogP contribution in [0, 0.1) is 6.92 Å². The molecule has 0 amide bonds. The van der Waals surface area contributed by atoms with Gasteiger partial charge < -0.3 is 14.2 Å². The molecular weight excluding hydrogens is 695 g/mol. The summed E-state index contributed by atoms with van der Waals surface area (Å²) in [5.74, 6) is 1.81. The van der Waals surface area contributed by atoms with Gasteiger partial charge in [0, 0.05) is 33.5 Å². The van der Waals surface area contributed by atoms with Crippen LogP contribution < -0.4 is 4.74 Å². The van der Waals surface area contributed by atoms with Gasteiger partial charge in [-0.25, -0.2) is 12.4 Å². The maximum absolute atomic E-state index is 13.1. The first-order valence-corrected chi connectivity index (χ1v) is 21.2. The highest BCUT2D eigenvalue weighted by Gasteiger charge is 2.31. The molecule has 0 atom stereocenters. The van der Waals surface area contributed by atoms with Crippen molar-refractivity contribution >= 4 is 68.8 Å². The molecule has 248 valence electrons. The molecule has 0 fully saturated rings. The molecule has 0 unspecified atom stereocenters.